The second kappa shape index (κ2) is 6.57. The molecule has 0 atom stereocenters. The molecule has 1 amide bonds. The molecule has 0 aromatic heterocycles. The van der Waals surface area contributed by atoms with Gasteiger partial charge in [0.1, 0.15) is 5.75 Å². The number of amides is 1. The molecule has 0 bridgehead atoms. The van der Waals surface area contributed by atoms with Gasteiger partial charge in [-0.2, -0.15) is 0 Å². The molecule has 0 spiro atoms. The second-order valence-electron chi connectivity index (χ2n) is 4.48. The van der Waals surface area contributed by atoms with E-state index in [0.717, 1.165) is 10.0 Å². The van der Waals surface area contributed by atoms with Gasteiger partial charge in [-0.3, -0.25) is 4.79 Å². The Bertz CT molecular complexity index is 613. The van der Waals surface area contributed by atoms with Crippen LogP contribution in [0.25, 0.3) is 0 Å². The van der Waals surface area contributed by atoms with Crippen LogP contribution in [0.15, 0.2) is 53.0 Å². The minimum atomic E-state index is -0.0281. The monoisotopic (exact) mass is 333 g/mol. The molecule has 0 saturated heterocycles. The topological polar surface area (TPSA) is 29.5 Å². The molecule has 0 unspecified atom stereocenters. The fourth-order valence-electron chi connectivity index (χ4n) is 1.93. The van der Waals surface area contributed by atoms with E-state index < -0.39 is 0 Å². The summed E-state index contributed by atoms with van der Waals surface area (Å²) in [5.74, 6) is 0.657. The Morgan fingerprint density at radius 1 is 1.20 bits per heavy atom. The van der Waals surface area contributed by atoms with Gasteiger partial charge in [-0.25, -0.2) is 0 Å². The van der Waals surface area contributed by atoms with Crippen LogP contribution in [-0.2, 0) is 6.54 Å². The van der Waals surface area contributed by atoms with Gasteiger partial charge in [0, 0.05) is 23.6 Å². The maximum absolute atomic E-state index is 12.4. The highest BCUT2D eigenvalue weighted by Crippen LogP contribution is 2.19. The van der Waals surface area contributed by atoms with Gasteiger partial charge in [0.2, 0.25) is 0 Å². The SMILES string of the molecule is COc1cccc(C(=O)N(C)Cc2ccccc2Br)c1. The van der Waals surface area contributed by atoms with Crippen molar-refractivity contribution in [2.45, 2.75) is 6.54 Å². The van der Waals surface area contributed by atoms with Crippen molar-refractivity contribution in [3.05, 3.63) is 64.1 Å². The molecule has 0 radical (unpaired) electrons. The van der Waals surface area contributed by atoms with Crippen molar-refractivity contribution < 1.29 is 9.53 Å². The zero-order valence-electron chi connectivity index (χ0n) is 11.5. The molecular formula is C16H16BrNO2. The van der Waals surface area contributed by atoms with Gasteiger partial charge in [-0.15, -0.1) is 0 Å². The van der Waals surface area contributed by atoms with Gasteiger partial charge in [-0.1, -0.05) is 40.2 Å². The van der Waals surface area contributed by atoms with Crippen LogP contribution in [0.3, 0.4) is 0 Å². The molecule has 2 aromatic carbocycles. The molecule has 2 rings (SSSR count). The lowest BCUT2D eigenvalue weighted by molar-refractivity contribution is 0.0784. The number of methoxy groups -OCH3 is 1. The van der Waals surface area contributed by atoms with Crippen molar-refractivity contribution in [1.82, 2.24) is 4.90 Å². The summed E-state index contributed by atoms with van der Waals surface area (Å²) in [6.45, 7) is 0.553. The van der Waals surface area contributed by atoms with Crippen LogP contribution in [0.4, 0.5) is 0 Å². The quantitative estimate of drug-likeness (QED) is 0.853. The summed E-state index contributed by atoms with van der Waals surface area (Å²) in [5.41, 5.74) is 1.70. The Labute approximate surface area is 127 Å². The Kier molecular flexibility index (Phi) is 4.79. The highest BCUT2D eigenvalue weighted by atomic mass is 79.9. The molecule has 104 valence electrons. The first kappa shape index (κ1) is 14.6. The first-order valence-electron chi connectivity index (χ1n) is 6.24. The number of benzene rings is 2. The zero-order valence-corrected chi connectivity index (χ0v) is 13.1. The lowest BCUT2D eigenvalue weighted by Crippen LogP contribution is -2.26. The second-order valence-corrected chi connectivity index (χ2v) is 5.34. The van der Waals surface area contributed by atoms with Crippen LogP contribution in [0.5, 0.6) is 5.75 Å². The van der Waals surface area contributed by atoms with Crippen LogP contribution in [0, 0.1) is 0 Å². The van der Waals surface area contributed by atoms with E-state index in [2.05, 4.69) is 15.9 Å². The summed E-state index contributed by atoms with van der Waals surface area (Å²) >= 11 is 3.49. The summed E-state index contributed by atoms with van der Waals surface area (Å²) in [7, 11) is 3.38. The first-order valence-corrected chi connectivity index (χ1v) is 7.04. The predicted octanol–water partition coefficient (Wildman–Crippen LogP) is 3.73. The molecule has 0 heterocycles. The van der Waals surface area contributed by atoms with Crippen LogP contribution in [0.2, 0.25) is 0 Å². The van der Waals surface area contributed by atoms with E-state index in [1.165, 1.54) is 0 Å². The highest BCUT2D eigenvalue weighted by molar-refractivity contribution is 9.10. The minimum Gasteiger partial charge on any atom is -0.497 e. The summed E-state index contributed by atoms with van der Waals surface area (Å²) in [6, 6.07) is 15.1. The van der Waals surface area contributed by atoms with E-state index in [1.54, 1.807) is 31.2 Å². The number of hydrogen-bond donors (Lipinski definition) is 0. The van der Waals surface area contributed by atoms with Gasteiger partial charge >= 0.3 is 0 Å². The number of halogens is 1. The number of carbonyl (C=O) groups excluding carboxylic acids is 1. The molecule has 0 aliphatic heterocycles. The van der Waals surface area contributed by atoms with Crippen molar-refractivity contribution in [3.8, 4) is 5.75 Å². The lowest BCUT2D eigenvalue weighted by Gasteiger charge is -2.18. The number of rotatable bonds is 4. The molecule has 4 heteroatoms. The maximum Gasteiger partial charge on any atom is 0.254 e. The number of nitrogens with zero attached hydrogens (tertiary/aromatic N) is 1. The number of hydrogen-bond acceptors (Lipinski definition) is 2. The van der Waals surface area contributed by atoms with E-state index in [9.17, 15) is 4.79 Å². The van der Waals surface area contributed by atoms with Crippen molar-refractivity contribution >= 4 is 21.8 Å². The minimum absolute atomic E-state index is 0.0281. The fraction of sp³-hybridized carbons (Fsp3) is 0.188. The van der Waals surface area contributed by atoms with Gasteiger partial charge in [0.05, 0.1) is 7.11 Å². The first-order chi connectivity index (χ1) is 9.61. The van der Waals surface area contributed by atoms with E-state index in [4.69, 9.17) is 4.74 Å². The van der Waals surface area contributed by atoms with Crippen molar-refractivity contribution in [3.63, 3.8) is 0 Å². The summed E-state index contributed by atoms with van der Waals surface area (Å²) in [5, 5.41) is 0. The Morgan fingerprint density at radius 3 is 2.65 bits per heavy atom. The summed E-state index contributed by atoms with van der Waals surface area (Å²) in [4.78, 5) is 14.1. The maximum atomic E-state index is 12.4. The largest absolute Gasteiger partial charge is 0.497 e. The third-order valence-electron chi connectivity index (χ3n) is 3.03. The summed E-state index contributed by atoms with van der Waals surface area (Å²) < 4.78 is 6.15. The average molecular weight is 334 g/mol. The van der Waals surface area contributed by atoms with Crippen LogP contribution < -0.4 is 4.74 Å². The van der Waals surface area contributed by atoms with Gasteiger partial charge in [-0.05, 0) is 29.8 Å². The molecule has 0 saturated carbocycles. The standard InChI is InChI=1S/C16H16BrNO2/c1-18(11-13-6-3-4-9-15(13)17)16(19)12-7-5-8-14(10-12)20-2/h3-10H,11H2,1-2H3. The highest BCUT2D eigenvalue weighted by Gasteiger charge is 2.13. The molecule has 0 fully saturated rings. The smallest absolute Gasteiger partial charge is 0.254 e. The van der Waals surface area contributed by atoms with E-state index >= 15 is 0 Å². The van der Waals surface area contributed by atoms with Crippen molar-refractivity contribution in [2.75, 3.05) is 14.2 Å². The third kappa shape index (κ3) is 3.39. The van der Waals surface area contributed by atoms with Gasteiger partial charge < -0.3 is 9.64 Å². The lowest BCUT2D eigenvalue weighted by atomic mass is 10.1. The van der Waals surface area contributed by atoms with E-state index in [1.807, 2.05) is 36.4 Å². The van der Waals surface area contributed by atoms with Crippen molar-refractivity contribution in [2.24, 2.45) is 0 Å². The van der Waals surface area contributed by atoms with Crippen LogP contribution in [0.1, 0.15) is 15.9 Å². The molecule has 2 aromatic rings. The van der Waals surface area contributed by atoms with Crippen LogP contribution >= 0.6 is 15.9 Å². The van der Waals surface area contributed by atoms with Gasteiger partial charge in [0.15, 0.2) is 0 Å². The molecule has 0 N–H and O–H groups in total. The third-order valence-corrected chi connectivity index (χ3v) is 3.80. The fourth-order valence-corrected chi connectivity index (χ4v) is 2.34. The number of carbonyl (C=O) groups is 1. The Morgan fingerprint density at radius 2 is 1.95 bits per heavy atom. The van der Waals surface area contributed by atoms with Gasteiger partial charge in [0.25, 0.3) is 5.91 Å². The summed E-state index contributed by atoms with van der Waals surface area (Å²) in [6.07, 6.45) is 0. The molecule has 0 aliphatic carbocycles. The van der Waals surface area contributed by atoms with Crippen molar-refractivity contribution in [1.29, 1.82) is 0 Å². The Hall–Kier alpha value is -1.81. The predicted molar refractivity (Wildman–Crippen MR) is 82.9 cm³/mol. The van der Waals surface area contributed by atoms with E-state index in [-0.39, 0.29) is 5.91 Å². The molecular weight excluding hydrogens is 318 g/mol. The molecule has 0 aliphatic rings. The zero-order chi connectivity index (χ0) is 14.5. The molecule has 20 heavy (non-hydrogen) atoms. The van der Waals surface area contributed by atoms with E-state index in [0.29, 0.717) is 17.9 Å². The normalized spacial score (nSPS) is 10.2. The van der Waals surface area contributed by atoms with Crippen LogP contribution in [-0.4, -0.2) is 25.0 Å². The average Bonchev–Trinajstić information content (AvgIpc) is 2.48. The Balaban J connectivity index is 2.14. The molecule has 3 nitrogen and oxygen atoms in total. The number of ether oxygens (including phenoxy) is 1.